The summed E-state index contributed by atoms with van der Waals surface area (Å²) in [4.78, 5) is 47.9. The molecule has 0 spiro atoms. The van der Waals surface area contributed by atoms with E-state index in [-0.39, 0.29) is 16.8 Å². The summed E-state index contributed by atoms with van der Waals surface area (Å²) in [6.45, 7) is 3.31. The molecule has 1 aliphatic rings. The molecule has 0 unspecified atom stereocenters. The van der Waals surface area contributed by atoms with Gasteiger partial charge in [0.05, 0.1) is 16.1 Å². The Morgan fingerprint density at radius 3 is 2.27 bits per heavy atom. The largest absolute Gasteiger partial charge is 0.325 e. The van der Waals surface area contributed by atoms with Gasteiger partial charge in [0.15, 0.2) is 0 Å². The van der Waals surface area contributed by atoms with Crippen molar-refractivity contribution in [3.63, 3.8) is 0 Å². The zero-order valence-electron chi connectivity index (χ0n) is 14.1. The third kappa shape index (κ3) is 3.16. The summed E-state index contributed by atoms with van der Waals surface area (Å²) in [5.74, 6) is -1.89. The van der Waals surface area contributed by atoms with Crippen molar-refractivity contribution >= 4 is 29.1 Å². The highest BCUT2D eigenvalue weighted by Crippen LogP contribution is 2.26. The second kappa shape index (κ2) is 6.40. The molecule has 0 aromatic heterocycles. The molecule has 2 aromatic carbocycles. The SMILES string of the molecule is Cc1cc(C)cc(NC(=O)CN2C(=O)c3ccc([N+](=O)[O-])cc3C2=O)c1. The summed E-state index contributed by atoms with van der Waals surface area (Å²) >= 11 is 0. The molecule has 1 heterocycles. The molecular weight excluding hydrogens is 338 g/mol. The molecule has 132 valence electrons. The van der Waals surface area contributed by atoms with Gasteiger partial charge in [0.25, 0.3) is 17.5 Å². The lowest BCUT2D eigenvalue weighted by molar-refractivity contribution is -0.384. The van der Waals surface area contributed by atoms with Gasteiger partial charge in [-0.25, -0.2) is 0 Å². The van der Waals surface area contributed by atoms with Crippen LogP contribution in [-0.4, -0.2) is 34.1 Å². The lowest BCUT2D eigenvalue weighted by atomic mass is 10.1. The normalized spacial score (nSPS) is 12.9. The average molecular weight is 353 g/mol. The number of anilines is 1. The van der Waals surface area contributed by atoms with Crippen LogP contribution < -0.4 is 5.32 Å². The number of carbonyl (C=O) groups excluding carboxylic acids is 3. The molecular formula is C18H15N3O5. The Morgan fingerprint density at radius 2 is 1.65 bits per heavy atom. The van der Waals surface area contributed by atoms with Gasteiger partial charge in [-0.1, -0.05) is 6.07 Å². The fraction of sp³-hybridized carbons (Fsp3) is 0.167. The first-order valence-electron chi connectivity index (χ1n) is 7.79. The monoisotopic (exact) mass is 353 g/mol. The van der Waals surface area contributed by atoms with Crippen LogP contribution in [0.25, 0.3) is 0 Å². The summed E-state index contributed by atoms with van der Waals surface area (Å²) in [6.07, 6.45) is 0. The van der Waals surface area contributed by atoms with Crippen molar-refractivity contribution < 1.29 is 19.3 Å². The van der Waals surface area contributed by atoms with E-state index in [1.807, 2.05) is 19.9 Å². The summed E-state index contributed by atoms with van der Waals surface area (Å²) in [5, 5.41) is 13.5. The van der Waals surface area contributed by atoms with Crippen LogP contribution in [0.4, 0.5) is 11.4 Å². The Bertz CT molecular complexity index is 947. The zero-order valence-corrected chi connectivity index (χ0v) is 14.1. The van der Waals surface area contributed by atoms with E-state index in [2.05, 4.69) is 5.32 Å². The van der Waals surface area contributed by atoms with E-state index in [0.29, 0.717) is 5.69 Å². The van der Waals surface area contributed by atoms with Crippen LogP contribution in [0.1, 0.15) is 31.8 Å². The molecule has 8 nitrogen and oxygen atoms in total. The van der Waals surface area contributed by atoms with Gasteiger partial charge in [0.1, 0.15) is 6.54 Å². The molecule has 0 bridgehead atoms. The number of imide groups is 1. The van der Waals surface area contributed by atoms with Gasteiger partial charge in [-0.05, 0) is 43.2 Å². The highest BCUT2D eigenvalue weighted by Gasteiger charge is 2.37. The van der Waals surface area contributed by atoms with Crippen molar-refractivity contribution in [2.75, 3.05) is 11.9 Å². The third-order valence-corrected chi connectivity index (χ3v) is 3.97. The molecule has 3 amide bonds. The lowest BCUT2D eigenvalue weighted by Crippen LogP contribution is -2.37. The number of benzene rings is 2. The standard InChI is InChI=1S/C18H15N3O5/c1-10-5-11(2)7-12(6-10)19-16(22)9-20-17(23)14-4-3-13(21(25)26)8-15(14)18(20)24/h3-8H,9H2,1-2H3,(H,19,22). The molecule has 3 rings (SSSR count). The number of aryl methyl sites for hydroxylation is 2. The van der Waals surface area contributed by atoms with Gasteiger partial charge in [-0.2, -0.15) is 0 Å². The number of nitro benzene ring substituents is 1. The van der Waals surface area contributed by atoms with Gasteiger partial charge in [0.2, 0.25) is 5.91 Å². The number of nitrogens with zero attached hydrogens (tertiary/aromatic N) is 2. The van der Waals surface area contributed by atoms with Crippen molar-refractivity contribution in [1.29, 1.82) is 0 Å². The number of carbonyl (C=O) groups is 3. The molecule has 1 N–H and O–H groups in total. The number of rotatable bonds is 4. The highest BCUT2D eigenvalue weighted by molar-refractivity contribution is 6.23. The molecule has 0 saturated heterocycles. The summed E-state index contributed by atoms with van der Waals surface area (Å²) in [7, 11) is 0. The average Bonchev–Trinajstić information content (AvgIpc) is 2.78. The van der Waals surface area contributed by atoms with Gasteiger partial charge < -0.3 is 5.32 Å². The van der Waals surface area contributed by atoms with Gasteiger partial charge in [-0.15, -0.1) is 0 Å². The van der Waals surface area contributed by atoms with E-state index >= 15 is 0 Å². The van der Waals surface area contributed by atoms with E-state index < -0.39 is 29.2 Å². The van der Waals surface area contributed by atoms with Crippen molar-refractivity contribution in [2.45, 2.75) is 13.8 Å². The molecule has 0 radical (unpaired) electrons. The van der Waals surface area contributed by atoms with Gasteiger partial charge in [0, 0.05) is 17.8 Å². The molecule has 8 heteroatoms. The van der Waals surface area contributed by atoms with Crippen LogP contribution in [0, 0.1) is 24.0 Å². The van der Waals surface area contributed by atoms with Crippen molar-refractivity contribution in [3.8, 4) is 0 Å². The molecule has 26 heavy (non-hydrogen) atoms. The Kier molecular flexibility index (Phi) is 4.25. The number of hydrogen-bond donors (Lipinski definition) is 1. The van der Waals surface area contributed by atoms with Crippen molar-refractivity contribution in [1.82, 2.24) is 4.90 Å². The number of amides is 3. The maximum absolute atomic E-state index is 12.4. The molecule has 0 saturated carbocycles. The van der Waals surface area contributed by atoms with Crippen LogP contribution in [-0.2, 0) is 4.79 Å². The van der Waals surface area contributed by atoms with Crippen LogP contribution in [0.15, 0.2) is 36.4 Å². The molecule has 1 aliphatic heterocycles. The molecule has 0 aliphatic carbocycles. The van der Waals surface area contributed by atoms with Gasteiger partial charge >= 0.3 is 0 Å². The summed E-state index contributed by atoms with van der Waals surface area (Å²) < 4.78 is 0. The van der Waals surface area contributed by atoms with E-state index in [4.69, 9.17) is 0 Å². The minimum atomic E-state index is -0.718. The van der Waals surface area contributed by atoms with E-state index in [0.717, 1.165) is 28.2 Å². The highest BCUT2D eigenvalue weighted by atomic mass is 16.6. The topological polar surface area (TPSA) is 110 Å². The second-order valence-electron chi connectivity index (χ2n) is 6.11. The molecule has 0 atom stereocenters. The first-order chi connectivity index (χ1) is 12.3. The first-order valence-corrected chi connectivity index (χ1v) is 7.79. The van der Waals surface area contributed by atoms with Crippen LogP contribution in [0.5, 0.6) is 0 Å². The number of hydrogen-bond acceptors (Lipinski definition) is 5. The van der Waals surface area contributed by atoms with Crippen LogP contribution in [0.3, 0.4) is 0 Å². The van der Waals surface area contributed by atoms with E-state index in [1.54, 1.807) is 12.1 Å². The van der Waals surface area contributed by atoms with Crippen molar-refractivity contribution in [2.24, 2.45) is 0 Å². The summed E-state index contributed by atoms with van der Waals surface area (Å²) in [6, 6.07) is 8.94. The number of nitrogens with one attached hydrogen (secondary N) is 1. The maximum atomic E-state index is 12.4. The Morgan fingerprint density at radius 1 is 1.04 bits per heavy atom. The minimum absolute atomic E-state index is 0.0554. The maximum Gasteiger partial charge on any atom is 0.270 e. The number of nitro groups is 1. The predicted molar refractivity (Wildman–Crippen MR) is 93.0 cm³/mol. The Labute approximate surface area is 148 Å². The Balaban J connectivity index is 1.78. The smallest absolute Gasteiger partial charge is 0.270 e. The minimum Gasteiger partial charge on any atom is -0.325 e. The molecule has 2 aromatic rings. The zero-order chi connectivity index (χ0) is 19.0. The van der Waals surface area contributed by atoms with E-state index in [9.17, 15) is 24.5 Å². The third-order valence-electron chi connectivity index (χ3n) is 3.97. The van der Waals surface area contributed by atoms with Gasteiger partial charge in [-0.3, -0.25) is 29.4 Å². The number of fused-ring (bicyclic) bond motifs is 1. The fourth-order valence-corrected chi connectivity index (χ4v) is 2.93. The quantitative estimate of drug-likeness (QED) is 0.516. The van der Waals surface area contributed by atoms with Crippen LogP contribution in [0.2, 0.25) is 0 Å². The second-order valence-corrected chi connectivity index (χ2v) is 6.11. The fourth-order valence-electron chi connectivity index (χ4n) is 2.93. The first kappa shape index (κ1) is 17.3. The number of non-ortho nitro benzene ring substituents is 1. The lowest BCUT2D eigenvalue weighted by Gasteiger charge is -2.14. The van der Waals surface area contributed by atoms with E-state index in [1.165, 1.54) is 6.07 Å². The van der Waals surface area contributed by atoms with Crippen molar-refractivity contribution in [3.05, 3.63) is 68.8 Å². The summed E-state index contributed by atoms with van der Waals surface area (Å²) in [5.41, 5.74) is 2.20. The Hall–Kier alpha value is -3.55. The predicted octanol–water partition coefficient (Wildman–Crippen LogP) is 2.45. The van der Waals surface area contributed by atoms with Crippen LogP contribution >= 0.6 is 0 Å². The molecule has 0 fully saturated rings.